The molecule has 0 spiro atoms. The minimum absolute atomic E-state index is 0.0221. The molecule has 7 heteroatoms. The van der Waals surface area contributed by atoms with Crippen molar-refractivity contribution in [2.45, 2.75) is 38.5 Å². The van der Waals surface area contributed by atoms with Gasteiger partial charge in [0.1, 0.15) is 5.82 Å². The fourth-order valence-corrected chi connectivity index (χ4v) is 4.28. The Morgan fingerprint density at radius 3 is 2.48 bits per heavy atom. The van der Waals surface area contributed by atoms with Gasteiger partial charge in [0.2, 0.25) is 15.9 Å². The van der Waals surface area contributed by atoms with Crippen molar-refractivity contribution < 1.29 is 17.6 Å². The lowest BCUT2D eigenvalue weighted by Crippen LogP contribution is -2.44. The Bertz CT molecular complexity index is 653. The molecular formula is C16H23FN2O3S. The van der Waals surface area contributed by atoms with E-state index in [1.807, 2.05) is 13.8 Å². The average Bonchev–Trinajstić information content (AvgIpc) is 2.49. The normalized spacial score (nSPS) is 17.4. The Morgan fingerprint density at radius 1 is 1.30 bits per heavy atom. The molecule has 128 valence electrons. The second-order valence-corrected chi connectivity index (χ2v) is 8.15. The molecule has 1 aliphatic heterocycles. The number of carbonyl (C=O) groups excluding carboxylic acids is 1. The molecule has 2 rings (SSSR count). The molecule has 0 bridgehead atoms. The summed E-state index contributed by atoms with van der Waals surface area (Å²) < 4.78 is 39.8. The molecule has 1 amide bonds. The van der Waals surface area contributed by atoms with E-state index in [2.05, 4.69) is 5.32 Å². The molecule has 0 saturated carbocycles. The number of piperidine rings is 1. The number of hydrogen-bond acceptors (Lipinski definition) is 3. The van der Waals surface area contributed by atoms with Gasteiger partial charge in [0.25, 0.3) is 0 Å². The van der Waals surface area contributed by atoms with Crippen LogP contribution in [0.2, 0.25) is 0 Å². The molecule has 1 aromatic rings. The van der Waals surface area contributed by atoms with E-state index in [0.717, 1.165) is 0 Å². The van der Waals surface area contributed by atoms with E-state index in [-0.39, 0.29) is 29.2 Å². The first kappa shape index (κ1) is 17.9. The molecule has 0 aromatic heterocycles. The number of nitrogens with zero attached hydrogens (tertiary/aromatic N) is 1. The van der Waals surface area contributed by atoms with Gasteiger partial charge in [0, 0.05) is 30.6 Å². The van der Waals surface area contributed by atoms with E-state index in [1.54, 1.807) is 6.07 Å². The van der Waals surface area contributed by atoms with E-state index in [4.69, 9.17) is 0 Å². The van der Waals surface area contributed by atoms with Crippen LogP contribution < -0.4 is 5.32 Å². The number of rotatable bonds is 5. The maximum atomic E-state index is 13.6. The first-order chi connectivity index (χ1) is 10.8. The molecule has 0 atom stereocenters. The third-order valence-electron chi connectivity index (χ3n) is 3.94. The molecular weight excluding hydrogens is 319 g/mol. The molecule has 0 unspecified atom stereocenters. The zero-order valence-electron chi connectivity index (χ0n) is 13.5. The van der Waals surface area contributed by atoms with Crippen LogP contribution in [0.3, 0.4) is 0 Å². The maximum Gasteiger partial charge on any atom is 0.223 e. The van der Waals surface area contributed by atoms with Crippen LogP contribution in [0.25, 0.3) is 0 Å². The molecule has 23 heavy (non-hydrogen) atoms. The first-order valence-corrected chi connectivity index (χ1v) is 9.42. The van der Waals surface area contributed by atoms with Crippen LogP contribution in [-0.4, -0.2) is 37.8 Å². The lowest BCUT2D eigenvalue weighted by atomic mass is 9.97. The molecule has 1 aromatic carbocycles. The summed E-state index contributed by atoms with van der Waals surface area (Å²) in [7, 11) is -3.57. The Kier molecular flexibility index (Phi) is 5.75. The van der Waals surface area contributed by atoms with Crippen molar-refractivity contribution in [3.05, 3.63) is 35.6 Å². The Balaban J connectivity index is 1.96. The fraction of sp³-hybridized carbons (Fsp3) is 0.562. The Morgan fingerprint density at radius 2 is 1.91 bits per heavy atom. The van der Waals surface area contributed by atoms with Crippen LogP contribution in [0.1, 0.15) is 32.3 Å². The lowest BCUT2D eigenvalue weighted by Gasteiger charge is -2.31. The predicted octanol–water partition coefficient (Wildman–Crippen LogP) is 1.89. The van der Waals surface area contributed by atoms with Gasteiger partial charge in [-0.25, -0.2) is 17.1 Å². The highest BCUT2D eigenvalue weighted by Gasteiger charge is 2.31. The first-order valence-electron chi connectivity index (χ1n) is 7.81. The third kappa shape index (κ3) is 4.75. The highest BCUT2D eigenvalue weighted by molar-refractivity contribution is 7.88. The van der Waals surface area contributed by atoms with Crippen molar-refractivity contribution in [1.29, 1.82) is 0 Å². The van der Waals surface area contributed by atoms with E-state index >= 15 is 0 Å². The zero-order valence-corrected chi connectivity index (χ0v) is 14.3. The summed E-state index contributed by atoms with van der Waals surface area (Å²) in [6.07, 6.45) is 0.990. The van der Waals surface area contributed by atoms with Gasteiger partial charge in [-0.2, -0.15) is 0 Å². The molecule has 1 saturated heterocycles. The van der Waals surface area contributed by atoms with E-state index in [1.165, 1.54) is 22.5 Å². The van der Waals surface area contributed by atoms with Gasteiger partial charge < -0.3 is 5.32 Å². The van der Waals surface area contributed by atoms with Crippen LogP contribution in [-0.2, 0) is 20.6 Å². The molecule has 1 heterocycles. The standard InChI is InChI=1S/C16H23FN2O3S/c1-12(2)18-16(20)13-7-9-19(10-8-13)23(21,22)11-14-5-3-4-6-15(14)17/h3-6,12-13H,7-11H2,1-2H3,(H,18,20). The number of halogens is 1. The number of benzene rings is 1. The lowest BCUT2D eigenvalue weighted by molar-refractivity contribution is -0.126. The van der Waals surface area contributed by atoms with Crippen molar-refractivity contribution >= 4 is 15.9 Å². The van der Waals surface area contributed by atoms with Crippen LogP contribution in [0.5, 0.6) is 0 Å². The van der Waals surface area contributed by atoms with Crippen molar-refractivity contribution in [2.75, 3.05) is 13.1 Å². The van der Waals surface area contributed by atoms with E-state index < -0.39 is 15.8 Å². The van der Waals surface area contributed by atoms with Gasteiger partial charge in [-0.05, 0) is 32.8 Å². The third-order valence-corrected chi connectivity index (χ3v) is 5.77. The van der Waals surface area contributed by atoms with Crippen molar-refractivity contribution in [1.82, 2.24) is 9.62 Å². The smallest absolute Gasteiger partial charge is 0.223 e. The average molecular weight is 342 g/mol. The maximum absolute atomic E-state index is 13.6. The second kappa shape index (κ2) is 7.40. The van der Waals surface area contributed by atoms with Crippen molar-refractivity contribution in [3.63, 3.8) is 0 Å². The zero-order chi connectivity index (χ0) is 17.0. The summed E-state index contributed by atoms with van der Waals surface area (Å²) in [6, 6.07) is 5.97. The number of sulfonamides is 1. The van der Waals surface area contributed by atoms with Crippen LogP contribution >= 0.6 is 0 Å². The van der Waals surface area contributed by atoms with Gasteiger partial charge in [0.05, 0.1) is 5.75 Å². The summed E-state index contributed by atoms with van der Waals surface area (Å²) in [5.74, 6) is -1.03. The number of hydrogen-bond donors (Lipinski definition) is 1. The summed E-state index contributed by atoms with van der Waals surface area (Å²) in [5, 5.41) is 2.86. The summed E-state index contributed by atoms with van der Waals surface area (Å²) in [6.45, 7) is 4.39. The number of nitrogens with one attached hydrogen (secondary N) is 1. The van der Waals surface area contributed by atoms with Gasteiger partial charge in [-0.15, -0.1) is 0 Å². The largest absolute Gasteiger partial charge is 0.354 e. The van der Waals surface area contributed by atoms with Gasteiger partial charge in [-0.3, -0.25) is 4.79 Å². The summed E-state index contributed by atoms with van der Waals surface area (Å²) in [5.41, 5.74) is 0.173. The van der Waals surface area contributed by atoms with Gasteiger partial charge in [0.15, 0.2) is 0 Å². The molecule has 0 aliphatic carbocycles. The van der Waals surface area contributed by atoms with Crippen LogP contribution in [0.15, 0.2) is 24.3 Å². The molecule has 0 radical (unpaired) electrons. The SMILES string of the molecule is CC(C)NC(=O)C1CCN(S(=O)(=O)Cc2ccccc2F)CC1. The van der Waals surface area contributed by atoms with Crippen LogP contribution in [0, 0.1) is 11.7 Å². The summed E-state index contributed by atoms with van der Waals surface area (Å²) in [4.78, 5) is 12.0. The van der Waals surface area contributed by atoms with E-state index in [9.17, 15) is 17.6 Å². The molecule has 5 nitrogen and oxygen atoms in total. The van der Waals surface area contributed by atoms with Gasteiger partial charge >= 0.3 is 0 Å². The quantitative estimate of drug-likeness (QED) is 0.889. The van der Waals surface area contributed by atoms with Crippen LogP contribution in [0.4, 0.5) is 4.39 Å². The van der Waals surface area contributed by atoms with Gasteiger partial charge in [-0.1, -0.05) is 18.2 Å². The summed E-state index contributed by atoms with van der Waals surface area (Å²) >= 11 is 0. The molecule has 1 aliphatic rings. The predicted molar refractivity (Wildman–Crippen MR) is 86.6 cm³/mol. The number of amides is 1. The second-order valence-electron chi connectivity index (χ2n) is 6.18. The molecule has 1 N–H and O–H groups in total. The number of carbonyl (C=O) groups is 1. The minimum atomic E-state index is -3.57. The Hall–Kier alpha value is -1.47. The Labute approximate surface area is 136 Å². The van der Waals surface area contributed by atoms with Crippen molar-refractivity contribution in [2.24, 2.45) is 5.92 Å². The minimum Gasteiger partial charge on any atom is -0.354 e. The molecule has 1 fully saturated rings. The highest BCUT2D eigenvalue weighted by atomic mass is 32.2. The van der Waals surface area contributed by atoms with E-state index in [0.29, 0.717) is 25.9 Å². The topological polar surface area (TPSA) is 66.5 Å². The highest BCUT2D eigenvalue weighted by Crippen LogP contribution is 2.22. The fourth-order valence-electron chi connectivity index (χ4n) is 2.70. The van der Waals surface area contributed by atoms with Crippen molar-refractivity contribution in [3.8, 4) is 0 Å². The monoisotopic (exact) mass is 342 g/mol.